The molecule has 0 saturated heterocycles. The molecule has 0 aliphatic heterocycles. The molecular formula is C31H34B21OS. The van der Waals surface area contributed by atoms with E-state index in [0.29, 0.717) is 11.8 Å². The van der Waals surface area contributed by atoms with Crippen molar-refractivity contribution in [3.63, 3.8) is 0 Å². The van der Waals surface area contributed by atoms with Gasteiger partial charge in [0.1, 0.15) is 0 Å². The van der Waals surface area contributed by atoms with Crippen molar-refractivity contribution in [3.05, 3.63) is 69.3 Å². The first-order valence-electron chi connectivity index (χ1n) is 19.4. The van der Waals surface area contributed by atoms with Gasteiger partial charge in [-0.15, -0.1) is 0 Å². The molecule has 2 unspecified atom stereocenters. The Morgan fingerprint density at radius 2 is 1.22 bits per heavy atom. The predicted molar refractivity (Wildman–Crippen MR) is 259 cm³/mol. The van der Waals surface area contributed by atoms with Crippen molar-refractivity contribution < 1.29 is 4.79 Å². The van der Waals surface area contributed by atoms with Crippen LogP contribution in [0.15, 0.2) is 30.3 Å². The quantitative estimate of drug-likeness (QED) is 0.188. The van der Waals surface area contributed by atoms with Crippen LogP contribution in [0.5, 0.6) is 0 Å². The Labute approximate surface area is 350 Å². The topological polar surface area (TPSA) is 17.1 Å². The van der Waals surface area contributed by atoms with Gasteiger partial charge < -0.3 is 0 Å². The number of carbonyl (C=O) groups excluding carboxylic acids is 1. The Bertz CT molecular complexity index is 1710. The number of fused-ring (bicyclic) bond motifs is 1. The van der Waals surface area contributed by atoms with E-state index in [1.165, 1.54) is 67.5 Å². The Kier molecular flexibility index (Phi) is 14.8. The molecule has 0 N–H and O–H groups in total. The molecule has 2 atom stereocenters. The third-order valence-corrected chi connectivity index (χ3v) is 13.4. The van der Waals surface area contributed by atoms with Gasteiger partial charge in [-0.3, -0.25) is 4.79 Å². The molecule has 5 aliphatic rings. The molecule has 2 aromatic carbocycles. The van der Waals surface area contributed by atoms with Gasteiger partial charge in [-0.1, -0.05) is 45.6 Å². The third-order valence-electron chi connectivity index (χ3n) is 13.0. The molecule has 5 aliphatic carbocycles. The van der Waals surface area contributed by atoms with E-state index in [-0.39, 0.29) is 10.8 Å². The van der Waals surface area contributed by atoms with Crippen molar-refractivity contribution in [2.75, 3.05) is 0 Å². The Balaban J connectivity index is 0.000000226. The van der Waals surface area contributed by atoms with Crippen LogP contribution in [0.25, 0.3) is 0 Å². The first-order chi connectivity index (χ1) is 25.3. The number of hydrogen-bond acceptors (Lipinski definition) is 2. The van der Waals surface area contributed by atoms with Gasteiger partial charge in [0.25, 0.3) is 0 Å². The summed E-state index contributed by atoms with van der Waals surface area (Å²) in [5, 5.41) is 0. The summed E-state index contributed by atoms with van der Waals surface area (Å²) < 4.78 is 0. The van der Waals surface area contributed by atoms with Crippen molar-refractivity contribution in [2.45, 2.75) is 88.9 Å². The van der Waals surface area contributed by atoms with Gasteiger partial charge in [-0.25, -0.2) is 0 Å². The molecule has 0 spiro atoms. The zero-order valence-corrected chi connectivity index (χ0v) is 33.3. The number of carbonyl (C=O) groups is 1. The summed E-state index contributed by atoms with van der Waals surface area (Å²) in [6.45, 7) is 9.38. The number of aldehydes is 1. The zero-order valence-electron chi connectivity index (χ0n) is 32.5. The van der Waals surface area contributed by atoms with E-state index >= 15 is 0 Å². The van der Waals surface area contributed by atoms with Crippen molar-refractivity contribution in [2.24, 2.45) is 11.8 Å². The molecule has 2 saturated carbocycles. The van der Waals surface area contributed by atoms with E-state index in [1.807, 2.05) is 0 Å². The molecule has 7 rings (SSSR count). The van der Waals surface area contributed by atoms with Crippen molar-refractivity contribution >= 4 is 166 Å². The van der Waals surface area contributed by atoms with Crippen molar-refractivity contribution in [3.8, 4) is 11.8 Å². The van der Waals surface area contributed by atoms with Crippen LogP contribution in [0.1, 0.15) is 122 Å². The first kappa shape index (κ1) is 44.4. The standard InChI is InChI=1S/C31H34O.B21S/c1-30(2)18-31(3,4)29-14-19(6-8-28(29)30)5-7-22-15-26-23-10-20-9-21(11-23)13-24(12-20)27(26)16-25(22)17-32;1-11-17(10)21(20(15(6)7)16(8)9)18(12-22)19(13(2)3)14(4)5/h6,8,14-17,20-21,23-24H,9-13,18H2,1-4H3;. The summed E-state index contributed by atoms with van der Waals surface area (Å²) in [5.74, 6) is 9.94. The molecule has 1 nitrogen and oxygen atoms in total. The van der Waals surface area contributed by atoms with Gasteiger partial charge in [0.05, 0.1) is 0 Å². The van der Waals surface area contributed by atoms with Crippen LogP contribution in [0, 0.1) is 23.7 Å². The summed E-state index contributed by atoms with van der Waals surface area (Å²) in [6.07, 6.45) is 2.72. The van der Waals surface area contributed by atoms with Crippen LogP contribution >= 0.6 is 12.1 Å². The number of hydrogen-bond donors (Lipinski definition) is 0. The average Bonchev–Trinajstić information content (AvgIpc) is 3.15. The van der Waals surface area contributed by atoms with E-state index < -0.39 is 57.5 Å². The summed E-state index contributed by atoms with van der Waals surface area (Å²) in [5.41, 5.74) is 9.00. The van der Waals surface area contributed by atoms with E-state index in [9.17, 15) is 4.79 Å². The van der Waals surface area contributed by atoms with Crippen LogP contribution in [0.3, 0.4) is 0 Å². The van der Waals surface area contributed by atoms with E-state index in [4.69, 9.17) is 89.4 Å². The van der Waals surface area contributed by atoms with Crippen molar-refractivity contribution in [1.82, 2.24) is 0 Å². The van der Waals surface area contributed by atoms with Gasteiger partial charge in [-0.05, 0) is 120 Å². The SMILES string of the molecule is CC1(C)CC(C)(C)c2cc(C#Cc3cc4c(cc3C=O)C3CC5CC(CC4C5)C3)ccc21.[B][B]B([B])B(B(B=S)B(B([B])[B])B([B])[B])B(B([B])[B])B([B])[B]. The van der Waals surface area contributed by atoms with Crippen molar-refractivity contribution in [1.29, 1.82) is 0 Å². The van der Waals surface area contributed by atoms with Crippen LogP contribution < -0.4 is 0 Å². The zero-order chi connectivity index (χ0) is 39.9. The Hall–Kier alpha value is -0.746. The van der Waals surface area contributed by atoms with E-state index in [0.717, 1.165) is 41.2 Å². The number of rotatable bonds is 11. The van der Waals surface area contributed by atoms with Crippen LogP contribution in [-0.2, 0) is 10.8 Å². The molecule has 0 amide bonds. The second-order valence-electron chi connectivity index (χ2n) is 18.0. The van der Waals surface area contributed by atoms with Crippen LogP contribution in [0.2, 0.25) is 0 Å². The van der Waals surface area contributed by atoms with Gasteiger partial charge in [0.2, 0.25) is 0 Å². The maximum absolute atomic E-state index is 12.0. The second-order valence-corrected chi connectivity index (χ2v) is 18.2. The molecule has 233 valence electrons. The maximum atomic E-state index is 12.0. The van der Waals surface area contributed by atoms with E-state index in [2.05, 4.69) is 69.9 Å². The molecule has 2 fully saturated rings. The first-order valence-corrected chi connectivity index (χ1v) is 19.9. The van der Waals surface area contributed by atoms with Gasteiger partial charge in [0, 0.05) is 16.7 Å². The summed E-state index contributed by atoms with van der Waals surface area (Å²) in [4.78, 5) is 12.0. The van der Waals surface area contributed by atoms with Crippen LogP contribution in [0.4, 0.5) is 0 Å². The summed E-state index contributed by atoms with van der Waals surface area (Å²) in [6, 6.07) is 12.7. The summed E-state index contributed by atoms with van der Waals surface area (Å²) in [7, 11) is 59.3. The molecule has 0 heterocycles. The summed E-state index contributed by atoms with van der Waals surface area (Å²) >= 11 is 5.10. The normalized spacial score (nSPS) is 21.5. The minimum absolute atomic E-state index is 0.173. The minimum atomic E-state index is -0.850. The van der Waals surface area contributed by atoms with Gasteiger partial charge in [0.15, 0.2) is 6.29 Å². The molecule has 54 heavy (non-hydrogen) atoms. The molecule has 23 heteroatoms. The fourth-order valence-electron chi connectivity index (χ4n) is 11.0. The molecule has 21 radical (unpaired) electrons. The number of benzene rings is 2. The fourth-order valence-corrected chi connectivity index (χ4v) is 11.4. The predicted octanol–water partition coefficient (Wildman–Crippen LogP) is -0.0999. The van der Waals surface area contributed by atoms with Crippen LogP contribution in [-0.4, -0.2) is 154 Å². The second kappa shape index (κ2) is 18.0. The molecule has 2 aromatic rings. The molecule has 0 aromatic heterocycles. The Morgan fingerprint density at radius 1 is 0.704 bits per heavy atom. The fraction of sp³-hybridized carbons (Fsp3) is 0.516. The van der Waals surface area contributed by atoms with Gasteiger partial charge in [-0.2, -0.15) is 0 Å². The van der Waals surface area contributed by atoms with E-state index in [1.54, 1.807) is 0 Å². The molecule has 4 bridgehead atoms. The monoisotopic (exact) mass is 685 g/mol. The third kappa shape index (κ3) is 9.41. The Morgan fingerprint density at radius 3 is 1.70 bits per heavy atom. The molecular weight excluding hydrogens is 647 g/mol. The average molecular weight is 682 g/mol. The van der Waals surface area contributed by atoms with Gasteiger partial charge >= 0.3 is 160 Å².